The van der Waals surface area contributed by atoms with Crippen molar-refractivity contribution < 1.29 is 14.6 Å². The van der Waals surface area contributed by atoms with Crippen molar-refractivity contribution >= 4 is 16.7 Å². The van der Waals surface area contributed by atoms with Gasteiger partial charge in [-0.05, 0) is 36.2 Å². The van der Waals surface area contributed by atoms with Gasteiger partial charge in [0.1, 0.15) is 5.75 Å². The molecule has 2 aromatic carbocycles. The van der Waals surface area contributed by atoms with Gasteiger partial charge in [0.25, 0.3) is 0 Å². The maximum absolute atomic E-state index is 9.49. The number of guanidine groups is 1. The van der Waals surface area contributed by atoms with Crippen molar-refractivity contribution in [1.82, 2.24) is 10.6 Å². The Bertz CT molecular complexity index is 754. The first-order valence-electron chi connectivity index (χ1n) is 9.57. The van der Waals surface area contributed by atoms with E-state index in [-0.39, 0.29) is 12.0 Å². The zero-order valence-corrected chi connectivity index (χ0v) is 15.9. The quantitative estimate of drug-likeness (QED) is 0.358. The molecule has 1 aliphatic heterocycles. The van der Waals surface area contributed by atoms with E-state index in [0.29, 0.717) is 26.4 Å². The minimum absolute atomic E-state index is 0.107. The number of aliphatic imine (C=N–C) groups is 1. The third-order valence-electron chi connectivity index (χ3n) is 4.67. The van der Waals surface area contributed by atoms with Crippen LogP contribution in [0.4, 0.5) is 0 Å². The van der Waals surface area contributed by atoms with E-state index in [2.05, 4.69) is 39.9 Å². The number of fused-ring (bicyclic) bond motifs is 1. The van der Waals surface area contributed by atoms with Crippen LogP contribution in [0.2, 0.25) is 0 Å². The number of aliphatic hydroxyl groups excluding tert-OH is 1. The number of nitrogens with zero attached hydrogens (tertiary/aromatic N) is 1. The lowest BCUT2D eigenvalue weighted by atomic mass is 9.87. The Hall–Kier alpha value is -2.31. The van der Waals surface area contributed by atoms with Crippen LogP contribution in [0.1, 0.15) is 13.3 Å². The van der Waals surface area contributed by atoms with Gasteiger partial charge in [-0.2, -0.15) is 0 Å². The third kappa shape index (κ3) is 5.34. The van der Waals surface area contributed by atoms with Gasteiger partial charge in [0.2, 0.25) is 0 Å². The summed E-state index contributed by atoms with van der Waals surface area (Å²) in [5, 5.41) is 18.4. The maximum atomic E-state index is 9.49. The smallest absolute Gasteiger partial charge is 0.191 e. The van der Waals surface area contributed by atoms with Gasteiger partial charge in [-0.1, -0.05) is 30.3 Å². The van der Waals surface area contributed by atoms with Crippen molar-refractivity contribution in [3.8, 4) is 5.75 Å². The molecule has 0 bridgehead atoms. The molecule has 1 aliphatic rings. The molecule has 0 atom stereocenters. The summed E-state index contributed by atoms with van der Waals surface area (Å²) in [4.78, 5) is 4.58. The summed E-state index contributed by atoms with van der Waals surface area (Å²) in [6.07, 6.45) is 0.867. The summed E-state index contributed by atoms with van der Waals surface area (Å²) in [7, 11) is 0. The fraction of sp³-hybridized carbons (Fsp3) is 0.476. The van der Waals surface area contributed by atoms with Gasteiger partial charge in [-0.3, -0.25) is 4.99 Å². The molecule has 1 saturated heterocycles. The summed E-state index contributed by atoms with van der Waals surface area (Å²) in [6.45, 7) is 6.05. The molecule has 0 radical (unpaired) electrons. The molecular weight excluding hydrogens is 342 g/mol. The highest BCUT2D eigenvalue weighted by Crippen LogP contribution is 2.26. The molecule has 1 fully saturated rings. The Balaban J connectivity index is 1.41. The van der Waals surface area contributed by atoms with Crippen molar-refractivity contribution in [2.75, 3.05) is 46.1 Å². The van der Waals surface area contributed by atoms with Gasteiger partial charge in [-0.15, -0.1) is 0 Å². The molecule has 6 heteroatoms. The van der Waals surface area contributed by atoms with Crippen LogP contribution in [0.25, 0.3) is 10.8 Å². The Morgan fingerprint density at radius 2 is 2.00 bits per heavy atom. The van der Waals surface area contributed by atoms with Crippen LogP contribution in [-0.4, -0.2) is 57.1 Å². The van der Waals surface area contributed by atoms with E-state index in [4.69, 9.17) is 9.47 Å². The summed E-state index contributed by atoms with van der Waals surface area (Å²) in [5.74, 6) is 1.66. The predicted molar refractivity (Wildman–Crippen MR) is 108 cm³/mol. The van der Waals surface area contributed by atoms with Gasteiger partial charge in [0, 0.05) is 13.1 Å². The average molecular weight is 371 g/mol. The van der Waals surface area contributed by atoms with Crippen molar-refractivity contribution in [3.63, 3.8) is 0 Å². The monoisotopic (exact) mass is 371 g/mol. The molecule has 146 valence electrons. The summed E-state index contributed by atoms with van der Waals surface area (Å²) in [6, 6.07) is 14.4. The van der Waals surface area contributed by atoms with Gasteiger partial charge in [-0.25, -0.2) is 0 Å². The molecule has 1 heterocycles. The van der Waals surface area contributed by atoms with Crippen LogP contribution in [-0.2, 0) is 4.74 Å². The van der Waals surface area contributed by atoms with E-state index in [9.17, 15) is 5.11 Å². The summed E-state index contributed by atoms with van der Waals surface area (Å²) >= 11 is 0. The second-order valence-corrected chi connectivity index (χ2v) is 6.98. The highest BCUT2D eigenvalue weighted by molar-refractivity contribution is 5.83. The van der Waals surface area contributed by atoms with E-state index in [0.717, 1.165) is 31.2 Å². The van der Waals surface area contributed by atoms with Crippen LogP contribution in [0.5, 0.6) is 5.75 Å². The molecular formula is C21H29N3O3. The second kappa shape index (κ2) is 9.58. The lowest BCUT2D eigenvalue weighted by molar-refractivity contribution is -0.130. The van der Waals surface area contributed by atoms with Crippen LogP contribution in [0.3, 0.4) is 0 Å². The van der Waals surface area contributed by atoms with Crippen molar-refractivity contribution in [2.45, 2.75) is 13.3 Å². The van der Waals surface area contributed by atoms with E-state index in [1.807, 2.05) is 25.1 Å². The van der Waals surface area contributed by atoms with Crippen LogP contribution in [0.15, 0.2) is 47.5 Å². The summed E-state index contributed by atoms with van der Waals surface area (Å²) < 4.78 is 11.1. The highest BCUT2D eigenvalue weighted by atomic mass is 16.5. The van der Waals surface area contributed by atoms with Crippen molar-refractivity contribution in [1.29, 1.82) is 0 Å². The van der Waals surface area contributed by atoms with Crippen molar-refractivity contribution in [2.24, 2.45) is 10.4 Å². The first-order valence-corrected chi connectivity index (χ1v) is 9.57. The van der Waals surface area contributed by atoms with Crippen LogP contribution in [0, 0.1) is 5.41 Å². The molecule has 27 heavy (non-hydrogen) atoms. The fourth-order valence-corrected chi connectivity index (χ4v) is 2.94. The zero-order valence-electron chi connectivity index (χ0n) is 15.9. The Morgan fingerprint density at radius 3 is 2.70 bits per heavy atom. The predicted octanol–water partition coefficient (Wildman–Crippen LogP) is 2.17. The standard InChI is InChI=1S/C21H29N3O3/c1-2-22-20(24-13-21(14-25)15-26-16-21)23-10-5-11-27-19-9-8-17-6-3-4-7-18(17)12-19/h3-4,6-9,12,25H,2,5,10-11,13-16H2,1H3,(H2,22,23,24). The third-order valence-corrected chi connectivity index (χ3v) is 4.67. The molecule has 0 unspecified atom stereocenters. The molecule has 0 saturated carbocycles. The molecule has 6 nitrogen and oxygen atoms in total. The molecule has 2 aromatic rings. The minimum Gasteiger partial charge on any atom is -0.494 e. The normalized spacial score (nSPS) is 16.0. The minimum atomic E-state index is -0.207. The van der Waals surface area contributed by atoms with Gasteiger partial charge < -0.3 is 25.2 Å². The first-order chi connectivity index (χ1) is 13.2. The largest absolute Gasteiger partial charge is 0.494 e. The van der Waals surface area contributed by atoms with E-state index in [1.165, 1.54) is 10.8 Å². The molecule has 0 amide bonds. The Kier molecular flexibility index (Phi) is 6.90. The zero-order chi connectivity index (χ0) is 19.0. The van der Waals surface area contributed by atoms with E-state index in [1.54, 1.807) is 0 Å². The Labute approximate surface area is 160 Å². The number of nitrogens with one attached hydrogen (secondary N) is 2. The first kappa shape index (κ1) is 19.5. The topological polar surface area (TPSA) is 75.1 Å². The van der Waals surface area contributed by atoms with Crippen LogP contribution >= 0.6 is 0 Å². The van der Waals surface area contributed by atoms with Gasteiger partial charge in [0.15, 0.2) is 5.96 Å². The lowest BCUT2D eigenvalue weighted by Gasteiger charge is -2.38. The fourth-order valence-electron chi connectivity index (χ4n) is 2.94. The van der Waals surface area contributed by atoms with E-state index >= 15 is 0 Å². The highest BCUT2D eigenvalue weighted by Gasteiger charge is 2.37. The average Bonchev–Trinajstić information content (AvgIpc) is 2.67. The molecule has 0 aliphatic carbocycles. The number of ether oxygens (including phenoxy) is 2. The van der Waals surface area contributed by atoms with E-state index < -0.39 is 0 Å². The summed E-state index contributed by atoms with van der Waals surface area (Å²) in [5.41, 5.74) is -0.207. The lowest BCUT2D eigenvalue weighted by Crippen LogP contribution is -2.49. The van der Waals surface area contributed by atoms with Gasteiger partial charge in [0.05, 0.1) is 38.4 Å². The maximum Gasteiger partial charge on any atom is 0.191 e. The van der Waals surface area contributed by atoms with Crippen molar-refractivity contribution in [3.05, 3.63) is 42.5 Å². The number of rotatable bonds is 9. The molecule has 3 N–H and O–H groups in total. The Morgan fingerprint density at radius 1 is 1.19 bits per heavy atom. The van der Waals surface area contributed by atoms with Crippen LogP contribution < -0.4 is 15.4 Å². The molecule has 0 spiro atoms. The number of hydrogen-bond donors (Lipinski definition) is 3. The molecule has 3 rings (SSSR count). The number of hydrogen-bond acceptors (Lipinski definition) is 4. The molecule has 0 aromatic heterocycles. The number of aliphatic hydroxyl groups is 1. The number of benzene rings is 2. The second-order valence-electron chi connectivity index (χ2n) is 6.98. The SMILES string of the molecule is CCNC(=NCC1(CO)COC1)NCCCOc1ccc2ccccc2c1. The van der Waals surface area contributed by atoms with Gasteiger partial charge >= 0.3 is 0 Å².